The number of rotatable bonds is 3. The average molecular weight is 350 g/mol. The van der Waals surface area contributed by atoms with E-state index >= 15 is 0 Å². The van der Waals surface area contributed by atoms with Crippen LogP contribution < -0.4 is 5.11 Å². The van der Waals surface area contributed by atoms with Crippen LogP contribution in [0.15, 0.2) is 49.1 Å². The molecule has 0 atom stereocenters. The molecule has 0 saturated heterocycles. The zero-order valence-electron chi connectivity index (χ0n) is 13.3. The summed E-state index contributed by atoms with van der Waals surface area (Å²) in [4.78, 5) is 17.1. The minimum Gasteiger partial charge on any atom is -0.550 e. The maximum absolute atomic E-state index is 12.6. The zero-order valence-corrected chi connectivity index (χ0v) is 13.3. The SMILES string of the molecule is CCC(=O)[O-].FC(F)(F)c1cnc2c(ccn2Cc2ccncc2)c1. The first kappa shape index (κ1) is 18.4. The molecule has 3 heterocycles. The van der Waals surface area contributed by atoms with E-state index in [0.717, 1.165) is 17.8 Å². The summed E-state index contributed by atoms with van der Waals surface area (Å²) in [5.74, 6) is -0.995. The largest absolute Gasteiger partial charge is 0.550 e. The van der Waals surface area contributed by atoms with E-state index in [9.17, 15) is 23.1 Å². The van der Waals surface area contributed by atoms with Gasteiger partial charge in [-0.05, 0) is 36.2 Å². The standard InChI is InChI=1S/C14H10F3N3.C3H6O2/c15-14(16,17)12-7-11-3-6-20(13(11)19-8-12)9-10-1-4-18-5-2-10;1-2-3(4)5/h1-8H,9H2;2H2,1H3,(H,4,5)/p-1. The van der Waals surface area contributed by atoms with Gasteiger partial charge < -0.3 is 14.5 Å². The van der Waals surface area contributed by atoms with Gasteiger partial charge in [0.2, 0.25) is 0 Å². The van der Waals surface area contributed by atoms with Gasteiger partial charge in [-0.15, -0.1) is 0 Å². The van der Waals surface area contributed by atoms with Crippen LogP contribution in [0.5, 0.6) is 0 Å². The Kier molecular flexibility index (Phi) is 5.74. The summed E-state index contributed by atoms with van der Waals surface area (Å²) in [7, 11) is 0. The second kappa shape index (κ2) is 7.78. The monoisotopic (exact) mass is 350 g/mol. The first-order valence-corrected chi connectivity index (χ1v) is 7.42. The summed E-state index contributed by atoms with van der Waals surface area (Å²) >= 11 is 0. The summed E-state index contributed by atoms with van der Waals surface area (Å²) in [6, 6.07) is 6.47. The number of hydrogen-bond donors (Lipinski definition) is 0. The molecular formula is C17H15F3N3O2-. The van der Waals surface area contributed by atoms with Gasteiger partial charge >= 0.3 is 6.18 Å². The van der Waals surface area contributed by atoms with Crippen molar-refractivity contribution in [3.05, 3.63) is 60.2 Å². The van der Waals surface area contributed by atoms with Crippen molar-refractivity contribution in [2.24, 2.45) is 0 Å². The topological polar surface area (TPSA) is 70.8 Å². The minimum absolute atomic E-state index is 0.111. The van der Waals surface area contributed by atoms with E-state index in [0.29, 0.717) is 17.6 Å². The normalized spacial score (nSPS) is 11.0. The Bertz CT molecular complexity index is 845. The fourth-order valence-corrected chi connectivity index (χ4v) is 2.05. The Morgan fingerprint density at radius 3 is 2.44 bits per heavy atom. The molecule has 3 aromatic rings. The van der Waals surface area contributed by atoms with Crippen molar-refractivity contribution >= 4 is 17.0 Å². The van der Waals surface area contributed by atoms with Crippen LogP contribution in [0.25, 0.3) is 11.0 Å². The van der Waals surface area contributed by atoms with Crippen LogP contribution in [-0.4, -0.2) is 20.5 Å². The molecule has 0 fully saturated rings. The predicted octanol–water partition coefficient (Wildman–Crippen LogP) is 2.64. The summed E-state index contributed by atoms with van der Waals surface area (Å²) < 4.78 is 39.7. The molecule has 0 aliphatic rings. The number of aliphatic carboxylic acids is 1. The van der Waals surface area contributed by atoms with Gasteiger partial charge in [0, 0.05) is 42.7 Å². The number of hydrogen-bond acceptors (Lipinski definition) is 4. The number of pyridine rings is 2. The van der Waals surface area contributed by atoms with Gasteiger partial charge in [-0.1, -0.05) is 6.92 Å². The van der Waals surface area contributed by atoms with Crippen molar-refractivity contribution in [3.63, 3.8) is 0 Å². The molecule has 3 rings (SSSR count). The van der Waals surface area contributed by atoms with Crippen molar-refractivity contribution < 1.29 is 23.1 Å². The van der Waals surface area contributed by atoms with Crippen LogP contribution in [0, 0.1) is 0 Å². The fraction of sp³-hybridized carbons (Fsp3) is 0.235. The maximum atomic E-state index is 12.6. The minimum atomic E-state index is -4.37. The third-order valence-corrected chi connectivity index (χ3v) is 3.32. The second-order valence-electron chi connectivity index (χ2n) is 5.16. The van der Waals surface area contributed by atoms with Crippen LogP contribution in [0.1, 0.15) is 24.5 Å². The van der Waals surface area contributed by atoms with Crippen molar-refractivity contribution in [1.82, 2.24) is 14.5 Å². The Balaban J connectivity index is 0.000000399. The lowest BCUT2D eigenvalue weighted by molar-refractivity contribution is -0.305. The highest BCUT2D eigenvalue weighted by Crippen LogP contribution is 2.30. The second-order valence-corrected chi connectivity index (χ2v) is 5.16. The molecule has 5 nitrogen and oxygen atoms in total. The summed E-state index contributed by atoms with van der Waals surface area (Å²) in [5.41, 5.74) is 0.820. The lowest BCUT2D eigenvalue weighted by Gasteiger charge is -2.07. The highest BCUT2D eigenvalue weighted by Gasteiger charge is 2.31. The molecule has 3 aromatic heterocycles. The number of carbonyl (C=O) groups is 1. The van der Waals surface area contributed by atoms with E-state index in [1.165, 1.54) is 6.92 Å². The molecular weight excluding hydrogens is 335 g/mol. The van der Waals surface area contributed by atoms with Gasteiger partial charge in [0.1, 0.15) is 5.65 Å². The van der Waals surface area contributed by atoms with E-state index in [2.05, 4.69) is 9.97 Å². The molecule has 0 saturated carbocycles. The summed E-state index contributed by atoms with van der Waals surface area (Å²) in [6.45, 7) is 2.08. The molecule has 0 bridgehead atoms. The van der Waals surface area contributed by atoms with E-state index in [4.69, 9.17) is 0 Å². The van der Waals surface area contributed by atoms with E-state index in [1.807, 2.05) is 16.7 Å². The Labute approximate surface area is 141 Å². The number of halogens is 3. The van der Waals surface area contributed by atoms with Crippen molar-refractivity contribution in [2.45, 2.75) is 26.1 Å². The highest BCUT2D eigenvalue weighted by atomic mass is 19.4. The van der Waals surface area contributed by atoms with Gasteiger partial charge in [-0.3, -0.25) is 4.98 Å². The molecule has 0 N–H and O–H groups in total. The molecule has 8 heteroatoms. The first-order chi connectivity index (χ1) is 11.8. The van der Waals surface area contributed by atoms with Crippen LogP contribution in [-0.2, 0) is 17.5 Å². The molecule has 0 radical (unpaired) electrons. The molecule has 132 valence electrons. The smallest absolute Gasteiger partial charge is 0.417 e. The Morgan fingerprint density at radius 2 is 1.88 bits per heavy atom. The van der Waals surface area contributed by atoms with Crippen molar-refractivity contribution in [2.75, 3.05) is 0 Å². The van der Waals surface area contributed by atoms with Gasteiger partial charge in [0.05, 0.1) is 5.56 Å². The van der Waals surface area contributed by atoms with Crippen LogP contribution in [0.4, 0.5) is 13.2 Å². The van der Waals surface area contributed by atoms with Crippen LogP contribution in [0.3, 0.4) is 0 Å². The number of alkyl halides is 3. The summed E-state index contributed by atoms with van der Waals surface area (Å²) in [6.07, 6.45) is 1.70. The quantitative estimate of drug-likeness (QED) is 0.728. The number of fused-ring (bicyclic) bond motifs is 1. The Morgan fingerprint density at radius 1 is 1.24 bits per heavy atom. The third kappa shape index (κ3) is 5.03. The lowest BCUT2D eigenvalue weighted by atomic mass is 10.2. The summed E-state index contributed by atoms with van der Waals surface area (Å²) in [5, 5.41) is 9.74. The molecule has 25 heavy (non-hydrogen) atoms. The van der Waals surface area contributed by atoms with Crippen molar-refractivity contribution in [3.8, 4) is 0 Å². The number of nitrogens with zero attached hydrogens (tertiary/aromatic N) is 3. The van der Waals surface area contributed by atoms with E-state index in [1.54, 1.807) is 24.7 Å². The molecule has 0 amide bonds. The molecule has 0 unspecified atom stereocenters. The average Bonchev–Trinajstić information content (AvgIpc) is 2.98. The van der Waals surface area contributed by atoms with Gasteiger partial charge in [-0.25, -0.2) is 4.98 Å². The number of carboxylic acids is 1. The van der Waals surface area contributed by atoms with E-state index in [-0.39, 0.29) is 6.42 Å². The van der Waals surface area contributed by atoms with Gasteiger partial charge in [0.15, 0.2) is 0 Å². The van der Waals surface area contributed by atoms with Crippen molar-refractivity contribution in [1.29, 1.82) is 0 Å². The first-order valence-electron chi connectivity index (χ1n) is 7.42. The van der Waals surface area contributed by atoms with Crippen LogP contribution in [0.2, 0.25) is 0 Å². The maximum Gasteiger partial charge on any atom is 0.417 e. The molecule has 0 aliphatic carbocycles. The zero-order chi connectivity index (χ0) is 18.4. The van der Waals surface area contributed by atoms with Gasteiger partial charge in [-0.2, -0.15) is 13.2 Å². The van der Waals surface area contributed by atoms with Crippen LogP contribution >= 0.6 is 0 Å². The number of aromatic nitrogens is 3. The molecule has 0 aromatic carbocycles. The Hall–Kier alpha value is -2.90. The molecule has 0 aliphatic heterocycles. The van der Waals surface area contributed by atoms with E-state index < -0.39 is 17.7 Å². The lowest BCUT2D eigenvalue weighted by Crippen LogP contribution is -2.19. The molecule has 0 spiro atoms. The third-order valence-electron chi connectivity index (χ3n) is 3.32. The number of carboxylic acid groups (broad SMARTS) is 1. The highest BCUT2D eigenvalue weighted by molar-refractivity contribution is 5.76. The predicted molar refractivity (Wildman–Crippen MR) is 83.4 cm³/mol. The van der Waals surface area contributed by atoms with Gasteiger partial charge in [0.25, 0.3) is 0 Å². The number of carbonyl (C=O) groups excluding carboxylic acids is 1. The fourth-order valence-electron chi connectivity index (χ4n) is 2.05.